The molecule has 306 valence electrons. The van der Waals surface area contributed by atoms with Gasteiger partial charge < -0.3 is 20.0 Å². The van der Waals surface area contributed by atoms with Gasteiger partial charge in [-0.1, -0.05) is 30.3 Å². The van der Waals surface area contributed by atoms with Crippen LogP contribution in [0.5, 0.6) is 0 Å². The number of benzene rings is 2. The van der Waals surface area contributed by atoms with Crippen molar-refractivity contribution in [2.45, 2.75) is 103 Å². The second-order valence-corrected chi connectivity index (χ2v) is 17.3. The molecule has 0 aliphatic carbocycles. The fourth-order valence-electron chi connectivity index (χ4n) is 8.32. The average Bonchev–Trinajstić information content (AvgIpc) is 4.04. The van der Waals surface area contributed by atoms with E-state index < -0.39 is 11.2 Å². The summed E-state index contributed by atoms with van der Waals surface area (Å²) in [6.45, 7) is 12.1. The summed E-state index contributed by atoms with van der Waals surface area (Å²) in [6.07, 6.45) is 15.8. The summed E-state index contributed by atoms with van der Waals surface area (Å²) in [4.78, 5) is 37.5. The van der Waals surface area contributed by atoms with E-state index in [4.69, 9.17) is 4.98 Å². The van der Waals surface area contributed by atoms with Crippen molar-refractivity contribution in [3.63, 3.8) is 0 Å². The molecule has 6 heterocycles. The van der Waals surface area contributed by atoms with Gasteiger partial charge in [-0.15, -0.1) is 0 Å². The first kappa shape index (κ1) is 39.9. The van der Waals surface area contributed by atoms with Gasteiger partial charge in [0.25, 0.3) is 11.8 Å². The van der Waals surface area contributed by atoms with Gasteiger partial charge in [0.1, 0.15) is 0 Å². The van der Waals surface area contributed by atoms with Crippen LogP contribution in [0.1, 0.15) is 111 Å². The SMILES string of the molecule is C[C@@H]1CC[C@@H](n2cc(C(C)(C)O)cn2)CN1C(=O)c1cc(-c2ccc(-c3ncccc3C(=O)N3C[C@H](n4cc(C(C)(C)O)cn4)CC[C@H]3C)cc2)ccc1-n1cccn1. The van der Waals surface area contributed by atoms with Crippen LogP contribution in [0.2, 0.25) is 0 Å². The molecule has 2 amide bonds. The highest BCUT2D eigenvalue weighted by atomic mass is 16.3. The van der Waals surface area contributed by atoms with E-state index in [0.717, 1.165) is 53.5 Å². The molecule has 6 aromatic rings. The summed E-state index contributed by atoms with van der Waals surface area (Å²) in [5.41, 5.74) is 4.42. The second kappa shape index (κ2) is 15.7. The molecule has 0 unspecified atom stereocenters. The number of piperidine rings is 2. The fraction of sp³-hybridized carbons (Fsp3) is 0.391. The van der Waals surface area contributed by atoms with Crippen LogP contribution in [0.3, 0.4) is 0 Å². The van der Waals surface area contributed by atoms with Gasteiger partial charge in [-0.25, -0.2) is 4.68 Å². The van der Waals surface area contributed by atoms with Gasteiger partial charge in [0, 0.05) is 72.8 Å². The molecule has 0 spiro atoms. The molecule has 4 atom stereocenters. The van der Waals surface area contributed by atoms with Gasteiger partial charge in [0.2, 0.25) is 0 Å². The van der Waals surface area contributed by atoms with Gasteiger partial charge in [-0.05, 0) is 109 Å². The van der Waals surface area contributed by atoms with Crippen molar-refractivity contribution < 1.29 is 19.8 Å². The Bertz CT molecular complexity index is 2440. The molecule has 8 rings (SSSR count). The minimum atomic E-state index is -1.01. The number of nitrogens with zero attached hydrogens (tertiary/aromatic N) is 9. The Labute approximate surface area is 344 Å². The number of likely N-dealkylation sites (tertiary alicyclic amines) is 2. The summed E-state index contributed by atoms with van der Waals surface area (Å²) in [7, 11) is 0. The highest BCUT2D eigenvalue weighted by Crippen LogP contribution is 2.34. The molecule has 0 saturated carbocycles. The molecule has 0 radical (unpaired) electrons. The molecule has 4 aromatic heterocycles. The smallest absolute Gasteiger partial charge is 0.256 e. The largest absolute Gasteiger partial charge is 0.386 e. The first-order valence-electron chi connectivity index (χ1n) is 20.5. The number of aromatic nitrogens is 7. The lowest BCUT2D eigenvalue weighted by Crippen LogP contribution is -2.46. The van der Waals surface area contributed by atoms with Gasteiger partial charge >= 0.3 is 0 Å². The Balaban J connectivity index is 1.05. The predicted octanol–water partition coefficient (Wildman–Crippen LogP) is 7.18. The Kier molecular flexibility index (Phi) is 10.6. The van der Waals surface area contributed by atoms with Gasteiger partial charge in [-0.3, -0.25) is 23.9 Å². The van der Waals surface area contributed by atoms with Crippen LogP contribution in [0, 0.1) is 0 Å². The Morgan fingerprint density at radius 3 is 1.71 bits per heavy atom. The number of hydrogen-bond acceptors (Lipinski definition) is 8. The first-order chi connectivity index (χ1) is 28.2. The van der Waals surface area contributed by atoms with Gasteiger partial charge in [0.05, 0.1) is 58.2 Å². The lowest BCUT2D eigenvalue weighted by atomic mass is 9.95. The maximum absolute atomic E-state index is 14.6. The maximum atomic E-state index is 14.6. The molecule has 13 nitrogen and oxygen atoms in total. The number of amides is 2. The van der Waals surface area contributed by atoms with Crippen LogP contribution in [0.4, 0.5) is 0 Å². The van der Waals surface area contributed by atoms with E-state index in [1.165, 1.54) is 0 Å². The molecule has 2 aliphatic rings. The van der Waals surface area contributed by atoms with Crippen LogP contribution >= 0.6 is 0 Å². The topological polar surface area (TPSA) is 147 Å². The average molecular weight is 796 g/mol. The Morgan fingerprint density at radius 2 is 1.19 bits per heavy atom. The van der Waals surface area contributed by atoms with Crippen LogP contribution < -0.4 is 0 Å². The zero-order chi connectivity index (χ0) is 41.6. The van der Waals surface area contributed by atoms with Crippen LogP contribution in [0.15, 0.2) is 104 Å². The molecule has 2 aromatic carbocycles. The summed E-state index contributed by atoms with van der Waals surface area (Å²) in [5, 5.41) is 34.6. The van der Waals surface area contributed by atoms with Crippen molar-refractivity contribution in [3.05, 3.63) is 126 Å². The molecule has 2 saturated heterocycles. The quantitative estimate of drug-likeness (QED) is 0.157. The lowest BCUT2D eigenvalue weighted by molar-refractivity contribution is 0.0551. The second-order valence-electron chi connectivity index (χ2n) is 17.3. The molecule has 0 bridgehead atoms. The van der Waals surface area contributed by atoms with Crippen molar-refractivity contribution in [1.29, 1.82) is 0 Å². The number of aliphatic hydroxyl groups is 2. The highest BCUT2D eigenvalue weighted by Gasteiger charge is 2.35. The monoisotopic (exact) mass is 795 g/mol. The maximum Gasteiger partial charge on any atom is 0.256 e. The number of carbonyl (C=O) groups excluding carboxylic acids is 2. The molecule has 2 N–H and O–H groups in total. The van der Waals surface area contributed by atoms with E-state index >= 15 is 0 Å². The zero-order valence-corrected chi connectivity index (χ0v) is 34.6. The van der Waals surface area contributed by atoms with Crippen molar-refractivity contribution in [3.8, 4) is 28.1 Å². The normalized spacial score (nSPS) is 20.2. The van der Waals surface area contributed by atoms with Crippen molar-refractivity contribution in [1.82, 2.24) is 44.1 Å². The van der Waals surface area contributed by atoms with Gasteiger partial charge in [-0.2, -0.15) is 15.3 Å². The third kappa shape index (κ3) is 8.09. The van der Waals surface area contributed by atoms with Crippen LogP contribution in [-0.2, 0) is 11.2 Å². The van der Waals surface area contributed by atoms with E-state index in [1.54, 1.807) is 63.2 Å². The minimum Gasteiger partial charge on any atom is -0.386 e. The summed E-state index contributed by atoms with van der Waals surface area (Å²) >= 11 is 0. The molecular weight excluding hydrogens is 743 g/mol. The highest BCUT2D eigenvalue weighted by molar-refractivity contribution is 6.01. The van der Waals surface area contributed by atoms with Gasteiger partial charge in [0.15, 0.2) is 0 Å². The van der Waals surface area contributed by atoms with E-state index in [9.17, 15) is 19.8 Å². The fourth-order valence-corrected chi connectivity index (χ4v) is 8.32. The van der Waals surface area contributed by atoms with Crippen molar-refractivity contribution >= 4 is 11.8 Å². The third-order valence-corrected chi connectivity index (χ3v) is 12.1. The lowest BCUT2D eigenvalue weighted by Gasteiger charge is -2.38. The Hall–Kier alpha value is -5.92. The summed E-state index contributed by atoms with van der Waals surface area (Å²) < 4.78 is 5.48. The standard InChI is InChI=1S/C46H53N9O4/c1-30-10-17-37(54-26-35(24-49-54)45(3,4)58)28-51(30)43(56)39-9-7-20-47-42(39)33-14-12-32(13-15-33)34-16-19-41(53-22-8-21-48-53)40(23-34)44(57)52-29-38(18-11-31(52)2)55-27-36(25-50-55)46(5,6)59/h7-9,12-16,19-27,30-31,37-38,58-59H,10-11,17-18,28-29H2,1-6H3/t30-,31-,37-,38-/m1/s1. The van der Waals surface area contributed by atoms with Crippen molar-refractivity contribution in [2.75, 3.05) is 13.1 Å². The van der Waals surface area contributed by atoms with Crippen LogP contribution in [0.25, 0.3) is 28.1 Å². The first-order valence-corrected chi connectivity index (χ1v) is 20.5. The summed E-state index contributed by atoms with van der Waals surface area (Å²) in [5.74, 6) is -0.168. The number of pyridine rings is 1. The zero-order valence-electron chi connectivity index (χ0n) is 34.6. The molecule has 2 aliphatic heterocycles. The number of hydrogen-bond donors (Lipinski definition) is 2. The molecule has 2 fully saturated rings. The molecule has 13 heteroatoms. The minimum absolute atomic E-state index is 0.00855. The summed E-state index contributed by atoms with van der Waals surface area (Å²) in [6, 6.07) is 19.3. The molecule has 59 heavy (non-hydrogen) atoms. The molecular formula is C46H53N9O4. The third-order valence-electron chi connectivity index (χ3n) is 12.1. The van der Waals surface area contributed by atoms with Crippen molar-refractivity contribution in [2.24, 2.45) is 0 Å². The number of carbonyl (C=O) groups is 2. The van der Waals surface area contributed by atoms with E-state index in [1.807, 2.05) is 92.4 Å². The van der Waals surface area contributed by atoms with E-state index in [2.05, 4.69) is 29.1 Å². The number of rotatable bonds is 9. The predicted molar refractivity (Wildman–Crippen MR) is 225 cm³/mol. The van der Waals surface area contributed by atoms with Crippen LogP contribution in [-0.4, -0.2) is 91.3 Å². The Morgan fingerprint density at radius 1 is 0.644 bits per heavy atom. The van der Waals surface area contributed by atoms with E-state index in [-0.39, 0.29) is 36.0 Å². The van der Waals surface area contributed by atoms with E-state index in [0.29, 0.717) is 35.6 Å².